The minimum absolute atomic E-state index is 0.0259. The molecule has 1 unspecified atom stereocenters. The third-order valence-electron chi connectivity index (χ3n) is 2.27. The van der Waals surface area contributed by atoms with Crippen molar-refractivity contribution in [3.8, 4) is 5.75 Å². The largest absolute Gasteiger partial charge is 0.518 e. The lowest BCUT2D eigenvalue weighted by Crippen LogP contribution is -2.43. The molecule has 1 heterocycles. The Kier molecular flexibility index (Phi) is 2.21. The van der Waals surface area contributed by atoms with Crippen LogP contribution in [0, 0.1) is 0 Å². The van der Waals surface area contributed by atoms with E-state index in [0.717, 1.165) is 0 Å². The smallest absolute Gasteiger partial charge is 0.517 e. The molecule has 0 fully saturated rings. The van der Waals surface area contributed by atoms with E-state index in [-0.39, 0.29) is 11.3 Å². The third-order valence-corrected chi connectivity index (χ3v) is 2.27. The Labute approximate surface area is 84.1 Å². The van der Waals surface area contributed by atoms with Crippen LogP contribution >= 0.6 is 0 Å². The van der Waals surface area contributed by atoms with Gasteiger partial charge in [-0.2, -0.15) is 0 Å². The van der Waals surface area contributed by atoms with Crippen molar-refractivity contribution >= 4 is 12.8 Å². The summed E-state index contributed by atoms with van der Waals surface area (Å²) in [5, 5.41) is 0. The van der Waals surface area contributed by atoms with Gasteiger partial charge in [-0.05, 0) is 12.1 Å². The summed E-state index contributed by atoms with van der Waals surface area (Å²) in [6.07, 6.45) is -0.611. The molecule has 1 atom stereocenters. The first-order chi connectivity index (χ1) is 6.98. The van der Waals surface area contributed by atoms with Crippen LogP contribution in [0.25, 0.3) is 0 Å². The summed E-state index contributed by atoms with van der Waals surface area (Å²) in [6.45, 7) is -5.13. The van der Waals surface area contributed by atoms with Crippen molar-refractivity contribution in [1.82, 2.24) is 0 Å². The summed E-state index contributed by atoms with van der Waals surface area (Å²) in [6, 6.07) is 4.03. The molecule has 1 aliphatic rings. The molecule has 2 nitrogen and oxygen atoms in total. The fraction of sp³-hybridized carbons (Fsp3) is 0.222. The van der Waals surface area contributed by atoms with Gasteiger partial charge in [0.1, 0.15) is 5.75 Å². The summed E-state index contributed by atoms with van der Waals surface area (Å²) < 4.78 is 41.9. The van der Waals surface area contributed by atoms with Gasteiger partial charge in [-0.1, -0.05) is 12.1 Å². The van der Waals surface area contributed by atoms with Crippen LogP contribution in [0.4, 0.5) is 12.9 Å². The molecule has 2 rings (SSSR count). The van der Waals surface area contributed by atoms with Crippen LogP contribution < -0.4 is 4.74 Å². The number of benzene rings is 1. The Morgan fingerprint density at radius 1 is 1.27 bits per heavy atom. The molecule has 0 saturated heterocycles. The molecule has 1 aromatic carbocycles. The fourth-order valence-corrected chi connectivity index (χ4v) is 1.51. The summed E-state index contributed by atoms with van der Waals surface area (Å²) >= 11 is 0. The average molecular weight is 215 g/mol. The highest BCUT2D eigenvalue weighted by Gasteiger charge is 2.41. The van der Waals surface area contributed by atoms with Crippen molar-refractivity contribution in [1.29, 1.82) is 0 Å². The van der Waals surface area contributed by atoms with Gasteiger partial charge in [0.2, 0.25) is 0 Å². The lowest BCUT2D eigenvalue weighted by molar-refractivity contribution is 0.0879. The van der Waals surface area contributed by atoms with Gasteiger partial charge in [0.25, 0.3) is 0 Å². The zero-order chi connectivity index (χ0) is 11.1. The molecular weight excluding hydrogens is 208 g/mol. The first-order valence-electron chi connectivity index (χ1n) is 4.47. The van der Waals surface area contributed by atoms with Crippen molar-refractivity contribution in [2.75, 3.05) is 0 Å². The number of halogens is 3. The molecule has 0 aliphatic carbocycles. The molecule has 15 heavy (non-hydrogen) atoms. The number of carbonyl (C=O) groups excluding carboxylic acids is 1. The van der Waals surface area contributed by atoms with E-state index in [1.54, 1.807) is 6.07 Å². The van der Waals surface area contributed by atoms with E-state index >= 15 is 0 Å². The number of ether oxygens (including phenoxy) is 1. The molecular formula is C9H7BF3O2-. The lowest BCUT2D eigenvalue weighted by Gasteiger charge is -2.31. The minimum atomic E-state index is -5.13. The third kappa shape index (κ3) is 1.84. The second kappa shape index (κ2) is 3.29. The first kappa shape index (κ1) is 10.1. The van der Waals surface area contributed by atoms with E-state index in [1.165, 1.54) is 18.2 Å². The van der Waals surface area contributed by atoms with Crippen LogP contribution in [0.2, 0.25) is 0 Å². The number of para-hydroxylation sites is 1. The predicted octanol–water partition coefficient (Wildman–Crippen LogP) is 2.41. The highest BCUT2D eigenvalue weighted by Crippen LogP contribution is 2.32. The van der Waals surface area contributed by atoms with Crippen molar-refractivity contribution in [2.24, 2.45) is 0 Å². The molecule has 0 bridgehead atoms. The lowest BCUT2D eigenvalue weighted by atomic mass is 9.77. The Morgan fingerprint density at radius 2 is 1.93 bits per heavy atom. The number of Topliss-reactive ketones (excluding diaryl/α,β-unsaturated/α-hetero) is 1. The van der Waals surface area contributed by atoms with E-state index in [1.807, 2.05) is 0 Å². The molecule has 0 aromatic heterocycles. The number of carbonyl (C=O) groups is 1. The second-order valence-electron chi connectivity index (χ2n) is 3.41. The second-order valence-corrected chi connectivity index (χ2v) is 3.41. The molecule has 80 valence electrons. The normalized spacial score (nSPS) is 20.7. The fourth-order valence-electron chi connectivity index (χ4n) is 1.51. The van der Waals surface area contributed by atoms with Gasteiger partial charge >= 0.3 is 6.98 Å². The van der Waals surface area contributed by atoms with E-state index in [0.29, 0.717) is 0 Å². The SMILES string of the molecule is O=C1CC([B-](F)(F)F)Oc2ccccc21. The van der Waals surface area contributed by atoms with Gasteiger partial charge in [0, 0.05) is 6.42 Å². The van der Waals surface area contributed by atoms with Crippen molar-refractivity contribution < 1.29 is 22.5 Å². The van der Waals surface area contributed by atoms with Gasteiger partial charge in [0.05, 0.1) is 11.6 Å². The first-order valence-corrected chi connectivity index (χ1v) is 4.47. The maximum Gasteiger partial charge on any atom is 0.518 e. The van der Waals surface area contributed by atoms with Crippen LogP contribution in [0.3, 0.4) is 0 Å². The number of fused-ring (bicyclic) bond motifs is 1. The number of ketones is 1. The summed E-state index contributed by atoms with van der Waals surface area (Å²) in [5.41, 5.74) is 0.230. The van der Waals surface area contributed by atoms with E-state index in [4.69, 9.17) is 4.74 Å². The Morgan fingerprint density at radius 3 is 2.60 bits per heavy atom. The van der Waals surface area contributed by atoms with Crippen molar-refractivity contribution in [3.05, 3.63) is 29.8 Å². The van der Waals surface area contributed by atoms with E-state index in [2.05, 4.69) is 0 Å². The molecule has 0 radical (unpaired) electrons. The van der Waals surface area contributed by atoms with Crippen LogP contribution in [-0.2, 0) is 0 Å². The molecule has 1 aliphatic heterocycles. The molecule has 1 aromatic rings. The zero-order valence-electron chi connectivity index (χ0n) is 7.62. The van der Waals surface area contributed by atoms with Crippen LogP contribution in [0.1, 0.15) is 16.8 Å². The predicted molar refractivity (Wildman–Crippen MR) is 48.9 cm³/mol. The average Bonchev–Trinajstić information content (AvgIpc) is 2.16. The Balaban J connectivity index is 2.35. The van der Waals surface area contributed by atoms with E-state index < -0.39 is 25.2 Å². The topological polar surface area (TPSA) is 26.3 Å². The molecule has 6 heteroatoms. The number of hydrogen-bond acceptors (Lipinski definition) is 2. The molecule has 0 saturated carbocycles. The Bertz CT molecular complexity index is 403. The summed E-state index contributed by atoms with van der Waals surface area (Å²) in [5.74, 6) is -0.487. The molecule has 0 amide bonds. The monoisotopic (exact) mass is 215 g/mol. The Hall–Kier alpha value is -1.46. The van der Waals surface area contributed by atoms with E-state index in [9.17, 15) is 17.7 Å². The van der Waals surface area contributed by atoms with Crippen LogP contribution in [0.5, 0.6) is 5.75 Å². The zero-order valence-corrected chi connectivity index (χ0v) is 7.62. The minimum Gasteiger partial charge on any atom is -0.517 e. The number of hydrogen-bond donors (Lipinski definition) is 0. The van der Waals surface area contributed by atoms with Crippen molar-refractivity contribution in [2.45, 2.75) is 12.4 Å². The van der Waals surface area contributed by atoms with Crippen LogP contribution in [0.15, 0.2) is 24.3 Å². The van der Waals surface area contributed by atoms with Gasteiger partial charge < -0.3 is 17.7 Å². The van der Waals surface area contributed by atoms with Gasteiger partial charge in [-0.3, -0.25) is 4.79 Å². The van der Waals surface area contributed by atoms with Gasteiger partial charge in [-0.25, -0.2) is 0 Å². The molecule has 0 N–H and O–H groups in total. The summed E-state index contributed by atoms with van der Waals surface area (Å²) in [4.78, 5) is 11.4. The van der Waals surface area contributed by atoms with Crippen LogP contribution in [-0.4, -0.2) is 18.8 Å². The summed E-state index contributed by atoms with van der Waals surface area (Å²) in [7, 11) is 0. The highest BCUT2D eigenvalue weighted by molar-refractivity contribution is 6.60. The standard InChI is InChI=1S/C9H7BF3O2/c11-10(12,13)9-5-7(14)6-3-1-2-4-8(6)15-9/h1-4,9H,5H2/q-1. The van der Waals surface area contributed by atoms with Gasteiger partial charge in [0.15, 0.2) is 5.78 Å². The maximum atomic E-state index is 12.4. The maximum absolute atomic E-state index is 12.4. The van der Waals surface area contributed by atoms with Crippen molar-refractivity contribution in [3.63, 3.8) is 0 Å². The number of rotatable bonds is 1. The molecule has 0 spiro atoms. The highest BCUT2D eigenvalue weighted by atomic mass is 19.4. The van der Waals surface area contributed by atoms with Gasteiger partial charge in [-0.15, -0.1) is 0 Å². The quantitative estimate of drug-likeness (QED) is 0.672.